The molecule has 1 rings (SSSR count). The summed E-state index contributed by atoms with van der Waals surface area (Å²) in [4.78, 5) is 10.9. The van der Waals surface area contributed by atoms with Crippen LogP contribution >= 0.6 is 0 Å². The molecular weight excluding hydrogens is 266 g/mol. The van der Waals surface area contributed by atoms with Gasteiger partial charge in [0.1, 0.15) is 0 Å². The summed E-state index contributed by atoms with van der Waals surface area (Å²) >= 11 is 0. The molecule has 0 bridgehead atoms. The minimum absolute atomic E-state index is 0.0107. The molecule has 0 amide bonds. The Morgan fingerprint density at radius 2 is 2.00 bits per heavy atom. The molecule has 0 saturated heterocycles. The molecular formula is C13H25NO4S. The molecule has 6 heteroatoms. The summed E-state index contributed by atoms with van der Waals surface area (Å²) in [6.07, 6.45) is 5.20. The van der Waals surface area contributed by atoms with E-state index < -0.39 is 10.0 Å². The molecule has 112 valence electrons. The van der Waals surface area contributed by atoms with Crippen LogP contribution in [0.3, 0.4) is 0 Å². The van der Waals surface area contributed by atoms with Gasteiger partial charge in [0.2, 0.25) is 10.0 Å². The highest BCUT2D eigenvalue weighted by atomic mass is 32.2. The molecule has 1 fully saturated rings. The SMILES string of the molecule is COC(=O)CCCS(=O)(=O)NCC1CCCCC1C. The first-order valence-corrected chi connectivity index (χ1v) is 8.64. The number of carbonyl (C=O) groups is 1. The van der Waals surface area contributed by atoms with Gasteiger partial charge in [0.15, 0.2) is 0 Å². The molecule has 1 aliphatic carbocycles. The molecule has 0 aliphatic heterocycles. The Balaban J connectivity index is 2.28. The van der Waals surface area contributed by atoms with Crippen molar-refractivity contribution in [2.45, 2.75) is 45.4 Å². The van der Waals surface area contributed by atoms with E-state index in [0.29, 0.717) is 24.8 Å². The van der Waals surface area contributed by atoms with Crippen LogP contribution in [0.4, 0.5) is 0 Å². The number of hydrogen-bond acceptors (Lipinski definition) is 4. The van der Waals surface area contributed by atoms with E-state index in [-0.39, 0.29) is 18.1 Å². The second-order valence-electron chi connectivity index (χ2n) is 5.37. The van der Waals surface area contributed by atoms with Crippen LogP contribution in [0, 0.1) is 11.8 Å². The number of esters is 1. The van der Waals surface area contributed by atoms with Gasteiger partial charge >= 0.3 is 5.97 Å². The topological polar surface area (TPSA) is 72.5 Å². The lowest BCUT2D eigenvalue weighted by Crippen LogP contribution is -2.34. The molecule has 1 aliphatic rings. The van der Waals surface area contributed by atoms with Crippen LogP contribution in [0.1, 0.15) is 45.4 Å². The van der Waals surface area contributed by atoms with Crippen molar-refractivity contribution in [1.29, 1.82) is 0 Å². The number of ether oxygens (including phenoxy) is 1. The number of methoxy groups -OCH3 is 1. The van der Waals surface area contributed by atoms with E-state index in [2.05, 4.69) is 16.4 Å². The minimum Gasteiger partial charge on any atom is -0.469 e. The van der Waals surface area contributed by atoms with Gasteiger partial charge in [0.25, 0.3) is 0 Å². The van der Waals surface area contributed by atoms with Gasteiger partial charge in [-0.2, -0.15) is 0 Å². The lowest BCUT2D eigenvalue weighted by Gasteiger charge is -2.28. The monoisotopic (exact) mass is 291 g/mol. The van der Waals surface area contributed by atoms with Crippen molar-refractivity contribution in [3.8, 4) is 0 Å². The minimum atomic E-state index is -3.27. The maximum atomic E-state index is 11.8. The molecule has 0 heterocycles. The second-order valence-corrected chi connectivity index (χ2v) is 7.30. The molecule has 0 aromatic rings. The third-order valence-electron chi connectivity index (χ3n) is 3.88. The first kappa shape index (κ1) is 16.4. The van der Waals surface area contributed by atoms with Crippen LogP contribution in [-0.4, -0.2) is 33.8 Å². The smallest absolute Gasteiger partial charge is 0.305 e. The van der Waals surface area contributed by atoms with Gasteiger partial charge < -0.3 is 4.74 Å². The summed E-state index contributed by atoms with van der Waals surface area (Å²) in [5.41, 5.74) is 0. The normalized spacial score (nSPS) is 24.1. The van der Waals surface area contributed by atoms with E-state index >= 15 is 0 Å². The van der Waals surface area contributed by atoms with Gasteiger partial charge in [0.05, 0.1) is 12.9 Å². The van der Waals surface area contributed by atoms with Crippen molar-refractivity contribution in [1.82, 2.24) is 4.72 Å². The predicted molar refractivity (Wildman–Crippen MR) is 74.2 cm³/mol. The molecule has 5 nitrogen and oxygen atoms in total. The van der Waals surface area contributed by atoms with E-state index in [0.717, 1.165) is 6.42 Å². The van der Waals surface area contributed by atoms with Gasteiger partial charge in [-0.05, 0) is 24.7 Å². The van der Waals surface area contributed by atoms with Gasteiger partial charge in [0, 0.05) is 13.0 Å². The van der Waals surface area contributed by atoms with Crippen molar-refractivity contribution >= 4 is 16.0 Å². The summed E-state index contributed by atoms with van der Waals surface area (Å²) in [5.74, 6) is 0.662. The second kappa shape index (κ2) is 7.85. The Kier molecular flexibility index (Phi) is 6.79. The van der Waals surface area contributed by atoms with Gasteiger partial charge in [-0.1, -0.05) is 26.2 Å². The molecule has 1 N–H and O–H groups in total. The highest BCUT2D eigenvalue weighted by Crippen LogP contribution is 2.28. The van der Waals surface area contributed by atoms with E-state index in [4.69, 9.17) is 0 Å². The third kappa shape index (κ3) is 6.38. The molecule has 1 saturated carbocycles. The maximum Gasteiger partial charge on any atom is 0.305 e. The lowest BCUT2D eigenvalue weighted by molar-refractivity contribution is -0.140. The number of hydrogen-bond donors (Lipinski definition) is 1. The molecule has 0 spiro atoms. The van der Waals surface area contributed by atoms with Crippen molar-refractivity contribution in [3.63, 3.8) is 0 Å². The number of sulfonamides is 1. The Bertz CT molecular complexity index is 380. The third-order valence-corrected chi connectivity index (χ3v) is 5.31. The van der Waals surface area contributed by atoms with E-state index in [1.54, 1.807) is 0 Å². The molecule has 2 atom stereocenters. The van der Waals surface area contributed by atoms with Gasteiger partial charge in [-0.3, -0.25) is 4.79 Å². The Morgan fingerprint density at radius 1 is 1.32 bits per heavy atom. The van der Waals surface area contributed by atoms with Gasteiger partial charge in [-0.25, -0.2) is 13.1 Å². The predicted octanol–water partition coefficient (Wildman–Crippen LogP) is 1.69. The molecule has 2 unspecified atom stereocenters. The zero-order chi connectivity index (χ0) is 14.3. The van der Waals surface area contributed by atoms with Crippen molar-refractivity contribution in [2.24, 2.45) is 11.8 Å². The Morgan fingerprint density at radius 3 is 2.63 bits per heavy atom. The Hall–Kier alpha value is -0.620. The largest absolute Gasteiger partial charge is 0.469 e. The molecule has 0 aromatic heterocycles. The zero-order valence-corrected chi connectivity index (χ0v) is 12.7. The average Bonchev–Trinajstić information content (AvgIpc) is 2.37. The van der Waals surface area contributed by atoms with Crippen molar-refractivity contribution in [3.05, 3.63) is 0 Å². The molecule has 0 aromatic carbocycles. The van der Waals surface area contributed by atoms with E-state index in [9.17, 15) is 13.2 Å². The van der Waals surface area contributed by atoms with Crippen LogP contribution in [0.15, 0.2) is 0 Å². The highest BCUT2D eigenvalue weighted by molar-refractivity contribution is 7.89. The summed E-state index contributed by atoms with van der Waals surface area (Å²) in [5, 5.41) is 0. The van der Waals surface area contributed by atoms with Crippen molar-refractivity contribution < 1.29 is 17.9 Å². The van der Waals surface area contributed by atoms with Crippen LogP contribution < -0.4 is 4.72 Å². The van der Waals surface area contributed by atoms with Crippen molar-refractivity contribution in [2.75, 3.05) is 19.4 Å². The lowest BCUT2D eigenvalue weighted by atomic mass is 9.81. The summed E-state index contributed by atoms with van der Waals surface area (Å²) in [6.45, 7) is 2.72. The zero-order valence-electron chi connectivity index (χ0n) is 11.9. The van der Waals surface area contributed by atoms with Crippen LogP contribution in [0.25, 0.3) is 0 Å². The van der Waals surface area contributed by atoms with Gasteiger partial charge in [-0.15, -0.1) is 0 Å². The van der Waals surface area contributed by atoms with Crippen LogP contribution in [0.2, 0.25) is 0 Å². The number of rotatable bonds is 7. The summed E-state index contributed by atoms with van der Waals surface area (Å²) in [7, 11) is -1.96. The fraction of sp³-hybridized carbons (Fsp3) is 0.923. The standard InChI is InChI=1S/C13H25NO4S/c1-11-6-3-4-7-12(11)10-14-19(16,17)9-5-8-13(15)18-2/h11-12,14H,3-10H2,1-2H3. The highest BCUT2D eigenvalue weighted by Gasteiger charge is 2.23. The number of carbonyl (C=O) groups excluding carboxylic acids is 1. The van der Waals surface area contributed by atoms with Crippen LogP contribution in [0.5, 0.6) is 0 Å². The number of nitrogens with one attached hydrogen (secondary N) is 1. The van der Waals surface area contributed by atoms with E-state index in [1.165, 1.54) is 26.4 Å². The van der Waals surface area contributed by atoms with E-state index in [1.807, 2.05) is 0 Å². The first-order valence-electron chi connectivity index (χ1n) is 6.99. The maximum absolute atomic E-state index is 11.8. The fourth-order valence-electron chi connectivity index (χ4n) is 2.51. The quantitative estimate of drug-likeness (QED) is 0.724. The fourth-order valence-corrected chi connectivity index (χ4v) is 3.65. The Labute approximate surface area is 116 Å². The first-order chi connectivity index (χ1) is 8.94. The summed E-state index contributed by atoms with van der Waals surface area (Å²) in [6, 6.07) is 0. The molecule has 19 heavy (non-hydrogen) atoms. The van der Waals surface area contributed by atoms with Crippen LogP contribution in [-0.2, 0) is 19.6 Å². The average molecular weight is 291 g/mol. The molecule has 0 radical (unpaired) electrons. The summed E-state index contributed by atoms with van der Waals surface area (Å²) < 4.78 is 30.7.